The van der Waals surface area contributed by atoms with Crippen LogP contribution in [0.15, 0.2) is 36.5 Å². The molecule has 0 amide bonds. The largest absolute Gasteiger partial charge is 0.478 e. The van der Waals surface area contributed by atoms with Gasteiger partial charge in [0.05, 0.1) is 0 Å². The fourth-order valence-corrected chi connectivity index (χ4v) is 2.37. The van der Waals surface area contributed by atoms with Gasteiger partial charge in [-0.15, -0.1) is 0 Å². The molecule has 0 spiro atoms. The second kappa shape index (κ2) is 17.7. The van der Waals surface area contributed by atoms with Crippen LogP contribution in [0.2, 0.25) is 0 Å². The highest BCUT2D eigenvalue weighted by molar-refractivity contribution is 5.80. The molecule has 0 atom stereocenters. The number of unbranched alkanes of at least 4 members (excludes halogenated alkanes) is 11. The summed E-state index contributed by atoms with van der Waals surface area (Å²) in [5, 5.41) is 8.40. The Labute approximate surface area is 137 Å². The van der Waals surface area contributed by atoms with Crippen LogP contribution in [-0.2, 0) is 4.79 Å². The van der Waals surface area contributed by atoms with Crippen LogP contribution in [0.5, 0.6) is 0 Å². The van der Waals surface area contributed by atoms with Crippen LogP contribution in [-0.4, -0.2) is 11.1 Å². The molecule has 0 aromatic heterocycles. The number of carbonyl (C=O) groups is 1. The van der Waals surface area contributed by atoms with Crippen molar-refractivity contribution in [1.82, 2.24) is 0 Å². The summed E-state index contributed by atoms with van der Waals surface area (Å²) in [5.41, 5.74) is 0. The van der Waals surface area contributed by atoms with Gasteiger partial charge >= 0.3 is 5.97 Å². The SMILES string of the molecule is CCCCCCCCCCCCC/C=C/C=CC=CC(=O)O. The molecule has 0 aromatic rings. The molecule has 0 saturated heterocycles. The van der Waals surface area contributed by atoms with Crippen molar-refractivity contribution in [2.24, 2.45) is 0 Å². The van der Waals surface area contributed by atoms with E-state index in [4.69, 9.17) is 5.11 Å². The topological polar surface area (TPSA) is 37.3 Å². The number of carboxylic acids is 1. The second-order valence-corrected chi connectivity index (χ2v) is 5.83. The highest BCUT2D eigenvalue weighted by atomic mass is 16.4. The van der Waals surface area contributed by atoms with E-state index in [0.29, 0.717) is 0 Å². The molecule has 0 bridgehead atoms. The van der Waals surface area contributed by atoms with E-state index in [2.05, 4.69) is 13.0 Å². The highest BCUT2D eigenvalue weighted by Gasteiger charge is 1.92. The van der Waals surface area contributed by atoms with Crippen molar-refractivity contribution in [1.29, 1.82) is 0 Å². The molecule has 0 aromatic carbocycles. The number of allylic oxidation sites excluding steroid dienone is 5. The smallest absolute Gasteiger partial charge is 0.328 e. The summed E-state index contributed by atoms with van der Waals surface area (Å²) in [5.74, 6) is -0.908. The second-order valence-electron chi connectivity index (χ2n) is 5.83. The Hall–Kier alpha value is -1.31. The molecule has 0 unspecified atom stereocenters. The number of hydrogen-bond donors (Lipinski definition) is 1. The summed E-state index contributed by atoms with van der Waals surface area (Å²) >= 11 is 0. The fraction of sp³-hybridized carbons (Fsp3) is 0.650. The van der Waals surface area contributed by atoms with Gasteiger partial charge in [-0.3, -0.25) is 0 Å². The van der Waals surface area contributed by atoms with Crippen molar-refractivity contribution in [2.45, 2.75) is 84.0 Å². The Morgan fingerprint density at radius 1 is 0.727 bits per heavy atom. The van der Waals surface area contributed by atoms with Gasteiger partial charge in [0.15, 0.2) is 0 Å². The summed E-state index contributed by atoms with van der Waals surface area (Å²) in [4.78, 5) is 10.2. The van der Waals surface area contributed by atoms with Gasteiger partial charge in [-0.2, -0.15) is 0 Å². The van der Waals surface area contributed by atoms with Gasteiger partial charge in [-0.25, -0.2) is 4.79 Å². The molecule has 0 rings (SSSR count). The Kier molecular flexibility index (Phi) is 16.7. The van der Waals surface area contributed by atoms with E-state index in [1.807, 2.05) is 12.2 Å². The third kappa shape index (κ3) is 18.7. The minimum atomic E-state index is -0.908. The maximum atomic E-state index is 10.2. The maximum Gasteiger partial charge on any atom is 0.328 e. The summed E-state index contributed by atoms with van der Waals surface area (Å²) in [6.07, 6.45) is 26.7. The van der Waals surface area contributed by atoms with Gasteiger partial charge in [0.1, 0.15) is 0 Å². The lowest BCUT2D eigenvalue weighted by Crippen LogP contribution is -1.84. The summed E-state index contributed by atoms with van der Waals surface area (Å²) in [6, 6.07) is 0. The van der Waals surface area contributed by atoms with Crippen LogP contribution in [0.1, 0.15) is 84.0 Å². The number of aliphatic carboxylic acids is 1. The number of carboxylic acid groups (broad SMARTS) is 1. The molecule has 2 nitrogen and oxygen atoms in total. The van der Waals surface area contributed by atoms with Gasteiger partial charge < -0.3 is 5.11 Å². The lowest BCUT2D eigenvalue weighted by molar-refractivity contribution is -0.131. The zero-order valence-corrected chi connectivity index (χ0v) is 14.3. The third-order valence-corrected chi connectivity index (χ3v) is 3.68. The van der Waals surface area contributed by atoms with Crippen molar-refractivity contribution >= 4 is 5.97 Å². The van der Waals surface area contributed by atoms with Gasteiger partial charge in [0, 0.05) is 6.08 Å². The zero-order valence-electron chi connectivity index (χ0n) is 14.3. The van der Waals surface area contributed by atoms with Crippen molar-refractivity contribution in [3.05, 3.63) is 36.5 Å². The van der Waals surface area contributed by atoms with E-state index in [1.54, 1.807) is 6.08 Å². The van der Waals surface area contributed by atoms with E-state index < -0.39 is 5.97 Å². The minimum absolute atomic E-state index is 0.908. The molecule has 0 aliphatic rings. The van der Waals surface area contributed by atoms with Crippen LogP contribution in [0.25, 0.3) is 0 Å². The predicted octanol–water partition coefficient (Wildman–Crippen LogP) is 6.44. The zero-order chi connectivity index (χ0) is 16.3. The first-order valence-electron chi connectivity index (χ1n) is 9.00. The average molecular weight is 306 g/mol. The molecule has 0 saturated carbocycles. The Morgan fingerprint density at radius 2 is 1.23 bits per heavy atom. The summed E-state index contributed by atoms with van der Waals surface area (Å²) in [6.45, 7) is 2.27. The van der Waals surface area contributed by atoms with Gasteiger partial charge in [0.25, 0.3) is 0 Å². The number of hydrogen-bond acceptors (Lipinski definition) is 1. The fourth-order valence-electron chi connectivity index (χ4n) is 2.37. The molecule has 1 N–H and O–H groups in total. The Balaban J connectivity index is 3.21. The van der Waals surface area contributed by atoms with E-state index in [-0.39, 0.29) is 0 Å². The first kappa shape index (κ1) is 20.7. The lowest BCUT2D eigenvalue weighted by atomic mass is 10.1. The molecule has 0 radical (unpaired) electrons. The Morgan fingerprint density at radius 3 is 1.77 bits per heavy atom. The van der Waals surface area contributed by atoms with Crippen LogP contribution in [0.3, 0.4) is 0 Å². The van der Waals surface area contributed by atoms with E-state index in [0.717, 1.165) is 12.5 Å². The average Bonchev–Trinajstić information content (AvgIpc) is 2.50. The molecule has 0 fully saturated rings. The molecule has 22 heavy (non-hydrogen) atoms. The summed E-state index contributed by atoms with van der Waals surface area (Å²) < 4.78 is 0. The van der Waals surface area contributed by atoms with Gasteiger partial charge in [-0.05, 0) is 12.8 Å². The Bertz CT molecular complexity index is 327. The van der Waals surface area contributed by atoms with Crippen LogP contribution in [0.4, 0.5) is 0 Å². The normalized spacial score (nSPS) is 12.0. The number of rotatable bonds is 15. The van der Waals surface area contributed by atoms with Crippen molar-refractivity contribution in [3.8, 4) is 0 Å². The monoisotopic (exact) mass is 306 g/mol. The minimum Gasteiger partial charge on any atom is -0.478 e. The van der Waals surface area contributed by atoms with E-state index in [1.165, 1.54) is 76.7 Å². The molecule has 0 aliphatic carbocycles. The molecular formula is C20H34O2. The lowest BCUT2D eigenvalue weighted by Gasteiger charge is -2.01. The molecule has 0 aliphatic heterocycles. The third-order valence-electron chi connectivity index (χ3n) is 3.68. The first-order valence-corrected chi connectivity index (χ1v) is 9.00. The van der Waals surface area contributed by atoms with E-state index >= 15 is 0 Å². The van der Waals surface area contributed by atoms with Crippen LogP contribution >= 0.6 is 0 Å². The predicted molar refractivity (Wildman–Crippen MR) is 96.1 cm³/mol. The van der Waals surface area contributed by atoms with Crippen LogP contribution < -0.4 is 0 Å². The molecular weight excluding hydrogens is 272 g/mol. The molecule has 0 heterocycles. The van der Waals surface area contributed by atoms with Crippen LogP contribution in [0, 0.1) is 0 Å². The van der Waals surface area contributed by atoms with Gasteiger partial charge in [-0.1, -0.05) is 102 Å². The highest BCUT2D eigenvalue weighted by Crippen LogP contribution is 2.11. The van der Waals surface area contributed by atoms with Crippen molar-refractivity contribution < 1.29 is 9.90 Å². The maximum absolute atomic E-state index is 10.2. The van der Waals surface area contributed by atoms with Crippen molar-refractivity contribution in [3.63, 3.8) is 0 Å². The first-order chi connectivity index (χ1) is 10.8. The molecule has 126 valence electrons. The molecule has 2 heteroatoms. The van der Waals surface area contributed by atoms with Crippen molar-refractivity contribution in [2.75, 3.05) is 0 Å². The quantitative estimate of drug-likeness (QED) is 0.215. The van der Waals surface area contributed by atoms with E-state index in [9.17, 15) is 4.79 Å². The standard InChI is InChI=1S/C20H34O2/c1-2-3-4-5-6-7-8-9-10-11-12-13-14-15-16-17-18-19-20(21)22/h14-19H,2-13H2,1H3,(H,21,22)/b15-14+,17-16?,19-18?. The van der Waals surface area contributed by atoms with Gasteiger partial charge in [0.2, 0.25) is 0 Å². The summed E-state index contributed by atoms with van der Waals surface area (Å²) in [7, 11) is 0.